The number of likely N-dealkylation sites (tertiary alicyclic amines) is 1. The van der Waals surface area contributed by atoms with E-state index in [2.05, 4.69) is 9.97 Å². The van der Waals surface area contributed by atoms with Crippen molar-refractivity contribution in [1.82, 2.24) is 14.9 Å². The fourth-order valence-electron chi connectivity index (χ4n) is 3.21. The molecule has 1 aliphatic heterocycles. The highest BCUT2D eigenvalue weighted by Gasteiger charge is 2.25. The minimum absolute atomic E-state index is 0.0573. The number of carbonyl (C=O) groups is 1. The Bertz CT molecular complexity index is 702. The highest BCUT2D eigenvalue weighted by atomic mass is 19.1. The van der Waals surface area contributed by atoms with Gasteiger partial charge in [-0.1, -0.05) is 18.2 Å². The third-order valence-electron chi connectivity index (χ3n) is 4.59. The van der Waals surface area contributed by atoms with E-state index in [-0.39, 0.29) is 11.7 Å². The summed E-state index contributed by atoms with van der Waals surface area (Å²) in [7, 11) is 0. The van der Waals surface area contributed by atoms with Crippen molar-refractivity contribution >= 4 is 5.91 Å². The molecule has 5 heteroatoms. The Morgan fingerprint density at radius 1 is 1.29 bits per heavy atom. The first-order valence-corrected chi connectivity index (χ1v) is 8.45. The van der Waals surface area contributed by atoms with Crippen molar-refractivity contribution in [3.8, 4) is 0 Å². The third-order valence-corrected chi connectivity index (χ3v) is 4.59. The van der Waals surface area contributed by atoms with Gasteiger partial charge in [0.25, 0.3) is 5.91 Å². The largest absolute Gasteiger partial charge is 0.337 e. The maximum atomic E-state index is 13.7. The Hall–Kier alpha value is -2.30. The van der Waals surface area contributed by atoms with Gasteiger partial charge in [0, 0.05) is 19.3 Å². The summed E-state index contributed by atoms with van der Waals surface area (Å²) in [6.07, 6.45) is 6.83. The molecule has 0 bridgehead atoms. The van der Waals surface area contributed by atoms with E-state index in [1.807, 2.05) is 24.0 Å². The van der Waals surface area contributed by atoms with Crippen molar-refractivity contribution in [1.29, 1.82) is 0 Å². The zero-order valence-corrected chi connectivity index (χ0v) is 13.9. The van der Waals surface area contributed by atoms with Gasteiger partial charge in [-0.05, 0) is 50.2 Å². The standard InChI is InChI=1S/C19H22FN3O/c1-14-11-22-18(12-21-14)19(24)23-10-4-5-15(13-23)8-9-16-6-2-3-7-17(16)20/h2-3,6-7,11-12,15H,4-5,8-10,13H2,1H3. The zero-order valence-electron chi connectivity index (χ0n) is 13.9. The van der Waals surface area contributed by atoms with Crippen LogP contribution >= 0.6 is 0 Å². The highest BCUT2D eigenvalue weighted by molar-refractivity contribution is 5.92. The minimum atomic E-state index is -0.142. The third kappa shape index (κ3) is 3.96. The molecule has 1 amide bonds. The molecule has 1 aromatic carbocycles. The van der Waals surface area contributed by atoms with Crippen LogP contribution in [0, 0.1) is 18.7 Å². The molecule has 1 fully saturated rings. The molecule has 1 unspecified atom stereocenters. The van der Waals surface area contributed by atoms with Crippen molar-refractivity contribution < 1.29 is 9.18 Å². The molecule has 1 aromatic heterocycles. The molecular weight excluding hydrogens is 305 g/mol. The smallest absolute Gasteiger partial charge is 0.274 e. The Morgan fingerprint density at radius 2 is 2.12 bits per heavy atom. The van der Waals surface area contributed by atoms with Crippen LogP contribution in [0.2, 0.25) is 0 Å². The number of carbonyl (C=O) groups excluding carboxylic acids is 1. The molecule has 1 atom stereocenters. The molecule has 1 aliphatic rings. The zero-order chi connectivity index (χ0) is 16.9. The van der Waals surface area contributed by atoms with Crippen LogP contribution in [-0.4, -0.2) is 33.9 Å². The van der Waals surface area contributed by atoms with Crippen LogP contribution in [0.5, 0.6) is 0 Å². The molecule has 126 valence electrons. The number of halogens is 1. The van der Waals surface area contributed by atoms with Crippen LogP contribution in [-0.2, 0) is 6.42 Å². The van der Waals surface area contributed by atoms with Crippen LogP contribution in [0.4, 0.5) is 4.39 Å². The van der Waals surface area contributed by atoms with Crippen LogP contribution in [0.15, 0.2) is 36.7 Å². The molecule has 3 rings (SSSR count). The summed E-state index contributed by atoms with van der Waals surface area (Å²) in [4.78, 5) is 22.7. The molecule has 1 saturated heterocycles. The lowest BCUT2D eigenvalue weighted by atomic mass is 9.91. The molecule has 4 nitrogen and oxygen atoms in total. The van der Waals surface area contributed by atoms with Crippen molar-refractivity contribution in [2.75, 3.05) is 13.1 Å². The predicted molar refractivity (Wildman–Crippen MR) is 90.1 cm³/mol. The molecule has 2 heterocycles. The van der Waals surface area contributed by atoms with Gasteiger partial charge in [-0.25, -0.2) is 9.37 Å². The molecular formula is C19H22FN3O. The fraction of sp³-hybridized carbons (Fsp3) is 0.421. The summed E-state index contributed by atoms with van der Waals surface area (Å²) < 4.78 is 13.7. The first-order chi connectivity index (χ1) is 11.6. The molecule has 0 spiro atoms. The lowest BCUT2D eigenvalue weighted by Crippen LogP contribution is -2.40. The number of rotatable bonds is 4. The van der Waals surface area contributed by atoms with E-state index in [1.165, 1.54) is 6.07 Å². The Morgan fingerprint density at radius 3 is 2.88 bits per heavy atom. The van der Waals surface area contributed by atoms with Gasteiger partial charge in [0.05, 0.1) is 11.9 Å². The lowest BCUT2D eigenvalue weighted by Gasteiger charge is -2.32. The predicted octanol–water partition coefficient (Wildman–Crippen LogP) is 3.41. The highest BCUT2D eigenvalue weighted by Crippen LogP contribution is 2.23. The Kier molecular flexibility index (Phi) is 5.18. The summed E-state index contributed by atoms with van der Waals surface area (Å²) in [5, 5.41) is 0. The number of hydrogen-bond acceptors (Lipinski definition) is 3. The van der Waals surface area contributed by atoms with Gasteiger partial charge in [0.1, 0.15) is 11.5 Å². The second-order valence-electron chi connectivity index (χ2n) is 6.43. The summed E-state index contributed by atoms with van der Waals surface area (Å²) in [5.41, 5.74) is 1.95. The second kappa shape index (κ2) is 7.51. The Labute approximate surface area is 141 Å². The molecule has 0 radical (unpaired) electrons. The molecule has 2 aromatic rings. The lowest BCUT2D eigenvalue weighted by molar-refractivity contribution is 0.0661. The van der Waals surface area contributed by atoms with Gasteiger partial charge >= 0.3 is 0 Å². The van der Waals surface area contributed by atoms with Crippen LogP contribution < -0.4 is 0 Å². The van der Waals surface area contributed by atoms with E-state index in [4.69, 9.17) is 0 Å². The van der Waals surface area contributed by atoms with E-state index in [1.54, 1.807) is 18.5 Å². The number of benzene rings is 1. The van der Waals surface area contributed by atoms with Gasteiger partial charge in [-0.3, -0.25) is 9.78 Å². The van der Waals surface area contributed by atoms with Crippen molar-refractivity contribution in [2.24, 2.45) is 5.92 Å². The second-order valence-corrected chi connectivity index (χ2v) is 6.43. The van der Waals surface area contributed by atoms with E-state index >= 15 is 0 Å². The van der Waals surface area contributed by atoms with E-state index in [0.717, 1.165) is 37.1 Å². The van der Waals surface area contributed by atoms with Gasteiger partial charge in [0.15, 0.2) is 0 Å². The average Bonchev–Trinajstić information content (AvgIpc) is 2.61. The van der Waals surface area contributed by atoms with Crippen molar-refractivity contribution in [3.05, 3.63) is 59.4 Å². The summed E-state index contributed by atoms with van der Waals surface area (Å²) >= 11 is 0. The fourth-order valence-corrected chi connectivity index (χ4v) is 3.21. The Balaban J connectivity index is 1.59. The molecule has 0 N–H and O–H groups in total. The normalized spacial score (nSPS) is 17.8. The van der Waals surface area contributed by atoms with E-state index < -0.39 is 0 Å². The van der Waals surface area contributed by atoms with Crippen LogP contribution in [0.1, 0.15) is 41.0 Å². The van der Waals surface area contributed by atoms with Gasteiger partial charge in [0.2, 0.25) is 0 Å². The number of nitrogens with zero attached hydrogens (tertiary/aromatic N) is 3. The molecule has 24 heavy (non-hydrogen) atoms. The minimum Gasteiger partial charge on any atom is -0.337 e. The maximum absolute atomic E-state index is 13.7. The van der Waals surface area contributed by atoms with E-state index in [0.29, 0.717) is 24.6 Å². The van der Waals surface area contributed by atoms with Gasteiger partial charge < -0.3 is 4.90 Å². The summed E-state index contributed by atoms with van der Waals surface area (Å²) in [6.45, 7) is 3.31. The summed E-state index contributed by atoms with van der Waals surface area (Å²) in [6, 6.07) is 6.92. The van der Waals surface area contributed by atoms with Crippen LogP contribution in [0.25, 0.3) is 0 Å². The van der Waals surface area contributed by atoms with Gasteiger partial charge in [-0.2, -0.15) is 0 Å². The maximum Gasteiger partial charge on any atom is 0.274 e. The first-order valence-electron chi connectivity index (χ1n) is 8.45. The number of amides is 1. The monoisotopic (exact) mass is 327 g/mol. The van der Waals surface area contributed by atoms with E-state index in [9.17, 15) is 9.18 Å². The first kappa shape index (κ1) is 16.6. The SMILES string of the molecule is Cc1cnc(C(=O)N2CCCC(CCc3ccccc3F)C2)cn1. The van der Waals surface area contributed by atoms with Crippen molar-refractivity contribution in [3.63, 3.8) is 0 Å². The molecule has 0 saturated carbocycles. The number of piperidine rings is 1. The quantitative estimate of drug-likeness (QED) is 0.864. The summed E-state index contributed by atoms with van der Waals surface area (Å²) in [5.74, 6) is 0.204. The van der Waals surface area contributed by atoms with Gasteiger partial charge in [-0.15, -0.1) is 0 Å². The van der Waals surface area contributed by atoms with Crippen LogP contribution in [0.3, 0.4) is 0 Å². The topological polar surface area (TPSA) is 46.1 Å². The molecule has 0 aliphatic carbocycles. The average molecular weight is 327 g/mol. The number of hydrogen-bond donors (Lipinski definition) is 0. The number of aromatic nitrogens is 2. The number of aryl methyl sites for hydroxylation is 2. The van der Waals surface area contributed by atoms with Crippen molar-refractivity contribution in [2.45, 2.75) is 32.6 Å².